The minimum absolute atomic E-state index is 0.0389. The number of aromatic nitrogens is 1. The standard InChI is InChI=1S/C32H30N2O5S/c1-17-14-20-15-19(8-13-24(20)39-17)28(35)26-27(18-6-9-21(10-7-18)32(2,3)4)34(30(37)29(26)36)31-33-23-12-11-22(38-5)16-25(23)40-31/h6-13,15-17,27,35H,14H2,1-5H3/b28-26+/t17-,27-/m0/s1. The van der Waals surface area contributed by atoms with Crippen LogP contribution in [0.3, 0.4) is 0 Å². The van der Waals surface area contributed by atoms with E-state index >= 15 is 0 Å². The fourth-order valence-corrected chi connectivity index (χ4v) is 6.38. The Labute approximate surface area is 236 Å². The minimum Gasteiger partial charge on any atom is -0.507 e. The fourth-order valence-electron chi connectivity index (χ4n) is 5.36. The highest BCUT2D eigenvalue weighted by atomic mass is 32.1. The van der Waals surface area contributed by atoms with E-state index in [2.05, 4.69) is 20.8 Å². The third-order valence-corrected chi connectivity index (χ3v) is 8.51. The number of aliphatic hydroxyl groups is 1. The number of ether oxygens (including phenoxy) is 2. The van der Waals surface area contributed by atoms with Crippen molar-refractivity contribution in [2.45, 2.75) is 51.7 Å². The topological polar surface area (TPSA) is 89.0 Å². The van der Waals surface area contributed by atoms with Gasteiger partial charge in [0.05, 0.1) is 28.9 Å². The Morgan fingerprint density at radius 1 is 1.07 bits per heavy atom. The first-order valence-corrected chi connectivity index (χ1v) is 14.0. The Morgan fingerprint density at radius 3 is 2.52 bits per heavy atom. The molecule has 0 radical (unpaired) electrons. The molecule has 8 heteroatoms. The number of amides is 1. The van der Waals surface area contributed by atoms with E-state index in [9.17, 15) is 14.7 Å². The average Bonchev–Trinajstić information content (AvgIpc) is 3.59. The molecule has 40 heavy (non-hydrogen) atoms. The summed E-state index contributed by atoms with van der Waals surface area (Å²) in [5.74, 6) is -0.242. The van der Waals surface area contributed by atoms with Gasteiger partial charge in [0, 0.05) is 12.0 Å². The molecule has 3 heterocycles. The summed E-state index contributed by atoms with van der Waals surface area (Å²) in [6.45, 7) is 8.37. The van der Waals surface area contributed by atoms with Crippen LogP contribution in [0.2, 0.25) is 0 Å². The molecule has 2 aliphatic rings. The van der Waals surface area contributed by atoms with E-state index in [0.29, 0.717) is 33.9 Å². The molecule has 2 atom stereocenters. The number of rotatable bonds is 4. The number of carbonyl (C=O) groups is 2. The third kappa shape index (κ3) is 4.32. The van der Waals surface area contributed by atoms with Gasteiger partial charge in [-0.05, 0) is 65.4 Å². The molecule has 0 saturated carbocycles. The molecular formula is C32H30N2O5S. The van der Waals surface area contributed by atoms with Gasteiger partial charge in [0.25, 0.3) is 5.78 Å². The number of hydrogen-bond donors (Lipinski definition) is 1. The molecule has 0 bridgehead atoms. The number of benzene rings is 3. The molecule has 0 aliphatic carbocycles. The number of methoxy groups -OCH3 is 1. The SMILES string of the molecule is COc1ccc2nc(N3C(=O)C(=O)/C(=C(/O)c4ccc5c(c4)C[C@H](C)O5)[C@@H]3c3ccc(C(C)(C)C)cc3)sc2c1. The zero-order chi connectivity index (χ0) is 28.3. The van der Waals surface area contributed by atoms with Crippen molar-refractivity contribution in [2.75, 3.05) is 12.0 Å². The monoisotopic (exact) mass is 554 g/mol. The first-order chi connectivity index (χ1) is 19.0. The maximum absolute atomic E-state index is 13.6. The number of carbonyl (C=O) groups excluding carboxylic acids is 2. The van der Waals surface area contributed by atoms with Gasteiger partial charge in [-0.25, -0.2) is 4.98 Å². The van der Waals surface area contributed by atoms with E-state index in [1.165, 1.54) is 16.2 Å². The lowest BCUT2D eigenvalue weighted by Crippen LogP contribution is -2.29. The second-order valence-electron chi connectivity index (χ2n) is 11.3. The second-order valence-corrected chi connectivity index (χ2v) is 12.3. The van der Waals surface area contributed by atoms with Crippen LogP contribution in [-0.2, 0) is 21.4 Å². The van der Waals surface area contributed by atoms with Gasteiger partial charge in [-0.15, -0.1) is 0 Å². The number of aliphatic hydroxyl groups excluding tert-OH is 1. The van der Waals surface area contributed by atoms with Crippen molar-refractivity contribution in [3.63, 3.8) is 0 Å². The lowest BCUT2D eigenvalue weighted by molar-refractivity contribution is -0.132. The van der Waals surface area contributed by atoms with Gasteiger partial charge in [0.15, 0.2) is 5.13 Å². The Balaban J connectivity index is 1.52. The third-order valence-electron chi connectivity index (χ3n) is 7.50. The van der Waals surface area contributed by atoms with Crippen LogP contribution in [0.4, 0.5) is 5.13 Å². The summed E-state index contributed by atoms with van der Waals surface area (Å²) in [5, 5.41) is 12.0. The molecule has 3 aromatic carbocycles. The van der Waals surface area contributed by atoms with Crippen LogP contribution in [0.5, 0.6) is 11.5 Å². The van der Waals surface area contributed by atoms with Gasteiger partial charge in [-0.3, -0.25) is 14.5 Å². The van der Waals surface area contributed by atoms with Gasteiger partial charge in [-0.2, -0.15) is 0 Å². The molecule has 1 aromatic heterocycles. The molecule has 1 amide bonds. The lowest BCUT2D eigenvalue weighted by Gasteiger charge is -2.24. The maximum Gasteiger partial charge on any atom is 0.301 e. The molecule has 0 unspecified atom stereocenters. The molecule has 204 valence electrons. The predicted octanol–water partition coefficient (Wildman–Crippen LogP) is 6.55. The van der Waals surface area contributed by atoms with Crippen molar-refractivity contribution in [1.82, 2.24) is 4.98 Å². The molecule has 6 rings (SSSR count). The number of hydrogen-bond acceptors (Lipinski definition) is 7. The van der Waals surface area contributed by atoms with Crippen LogP contribution in [0.15, 0.2) is 66.2 Å². The summed E-state index contributed by atoms with van der Waals surface area (Å²) in [6, 6.07) is 17.9. The van der Waals surface area contributed by atoms with E-state index in [0.717, 1.165) is 21.6 Å². The first kappa shape index (κ1) is 26.1. The molecule has 7 nitrogen and oxygen atoms in total. The molecular weight excluding hydrogens is 524 g/mol. The molecule has 1 saturated heterocycles. The summed E-state index contributed by atoms with van der Waals surface area (Å²) in [6.07, 6.45) is 0.745. The first-order valence-electron chi connectivity index (χ1n) is 13.2. The molecule has 0 spiro atoms. The number of anilines is 1. The summed E-state index contributed by atoms with van der Waals surface area (Å²) >= 11 is 1.30. The number of nitrogens with zero attached hydrogens (tertiary/aromatic N) is 2. The van der Waals surface area contributed by atoms with Crippen LogP contribution in [-0.4, -0.2) is 35.0 Å². The molecule has 4 aromatic rings. The Morgan fingerprint density at radius 2 is 1.82 bits per heavy atom. The maximum atomic E-state index is 13.6. The zero-order valence-corrected chi connectivity index (χ0v) is 23.8. The Hall–Kier alpha value is -4.17. The smallest absolute Gasteiger partial charge is 0.301 e. The van der Waals surface area contributed by atoms with Gasteiger partial charge in [-0.1, -0.05) is 56.4 Å². The van der Waals surface area contributed by atoms with E-state index in [1.807, 2.05) is 49.4 Å². The highest BCUT2D eigenvalue weighted by Crippen LogP contribution is 2.45. The van der Waals surface area contributed by atoms with E-state index in [-0.39, 0.29) is 22.9 Å². The number of Topliss-reactive ketones (excluding diaryl/α,β-unsaturated/α-hetero) is 1. The predicted molar refractivity (Wildman–Crippen MR) is 156 cm³/mol. The highest BCUT2D eigenvalue weighted by molar-refractivity contribution is 7.22. The fraction of sp³-hybridized carbons (Fsp3) is 0.281. The normalized spacial score (nSPS) is 20.2. The van der Waals surface area contributed by atoms with E-state index in [1.54, 1.807) is 25.3 Å². The molecule has 1 fully saturated rings. The Bertz CT molecular complexity index is 1700. The van der Waals surface area contributed by atoms with Crippen molar-refractivity contribution < 1.29 is 24.2 Å². The molecule has 1 N–H and O–H groups in total. The van der Waals surface area contributed by atoms with Crippen LogP contribution in [0.25, 0.3) is 16.0 Å². The quantitative estimate of drug-likeness (QED) is 0.175. The van der Waals surface area contributed by atoms with Crippen molar-refractivity contribution in [3.05, 3.63) is 88.5 Å². The van der Waals surface area contributed by atoms with Gasteiger partial charge < -0.3 is 14.6 Å². The number of fused-ring (bicyclic) bond motifs is 2. The lowest BCUT2D eigenvalue weighted by atomic mass is 9.85. The average molecular weight is 555 g/mol. The summed E-state index contributed by atoms with van der Waals surface area (Å²) in [4.78, 5) is 33.4. The zero-order valence-electron chi connectivity index (χ0n) is 23.0. The summed E-state index contributed by atoms with van der Waals surface area (Å²) in [7, 11) is 1.59. The van der Waals surface area contributed by atoms with Crippen LogP contribution in [0.1, 0.15) is 56.0 Å². The van der Waals surface area contributed by atoms with Gasteiger partial charge in [0.2, 0.25) is 0 Å². The Kier molecular flexibility index (Phi) is 6.18. The van der Waals surface area contributed by atoms with Gasteiger partial charge in [0.1, 0.15) is 23.4 Å². The summed E-state index contributed by atoms with van der Waals surface area (Å²) < 4.78 is 12.0. The number of ketones is 1. The molecule has 2 aliphatic heterocycles. The van der Waals surface area contributed by atoms with Crippen molar-refractivity contribution in [2.24, 2.45) is 0 Å². The second kappa shape index (κ2) is 9.48. The van der Waals surface area contributed by atoms with Crippen LogP contribution < -0.4 is 14.4 Å². The van der Waals surface area contributed by atoms with Gasteiger partial charge >= 0.3 is 5.91 Å². The van der Waals surface area contributed by atoms with E-state index in [4.69, 9.17) is 14.5 Å². The van der Waals surface area contributed by atoms with Crippen molar-refractivity contribution >= 4 is 44.1 Å². The van der Waals surface area contributed by atoms with Crippen LogP contribution >= 0.6 is 11.3 Å². The number of thiazole rings is 1. The summed E-state index contributed by atoms with van der Waals surface area (Å²) in [5.41, 5.74) is 3.92. The minimum atomic E-state index is -0.847. The van der Waals surface area contributed by atoms with Crippen molar-refractivity contribution in [1.29, 1.82) is 0 Å². The van der Waals surface area contributed by atoms with Crippen molar-refractivity contribution in [3.8, 4) is 11.5 Å². The van der Waals surface area contributed by atoms with E-state index < -0.39 is 17.7 Å². The highest BCUT2D eigenvalue weighted by Gasteiger charge is 2.48. The largest absolute Gasteiger partial charge is 0.507 e. The van der Waals surface area contributed by atoms with Crippen LogP contribution in [0, 0.1) is 0 Å².